The normalized spacial score (nSPS) is 13.9. The van der Waals surface area contributed by atoms with Crippen LogP contribution in [0, 0.1) is 5.92 Å². The number of likely N-dealkylation sites (tertiary alicyclic amines) is 1. The summed E-state index contributed by atoms with van der Waals surface area (Å²) in [4.78, 5) is 26.9. The first-order chi connectivity index (χ1) is 15.5. The van der Waals surface area contributed by atoms with Gasteiger partial charge in [0, 0.05) is 25.2 Å². The van der Waals surface area contributed by atoms with Crippen LogP contribution in [-0.4, -0.2) is 64.3 Å². The number of hydrogen-bond acceptors (Lipinski definition) is 6. The second-order valence-electron chi connectivity index (χ2n) is 7.55. The maximum Gasteiger partial charge on any atom is 0.260 e. The monoisotopic (exact) mass is 442 g/mol. The summed E-state index contributed by atoms with van der Waals surface area (Å²) in [6.45, 7) is 1.88. The summed E-state index contributed by atoms with van der Waals surface area (Å²) in [6.07, 6.45) is 1.65. The third kappa shape index (κ3) is 5.84. The minimum Gasteiger partial charge on any atom is -0.493 e. The second kappa shape index (κ2) is 11.3. The molecule has 0 bridgehead atoms. The van der Waals surface area contributed by atoms with Gasteiger partial charge < -0.3 is 29.2 Å². The zero-order chi connectivity index (χ0) is 22.9. The Labute approximate surface area is 188 Å². The Morgan fingerprint density at radius 2 is 1.59 bits per heavy atom. The minimum atomic E-state index is -0.209. The third-order valence-electron chi connectivity index (χ3n) is 5.55. The molecule has 0 saturated carbocycles. The fraction of sp³-hybridized carbons (Fsp3) is 0.417. The molecule has 1 saturated heterocycles. The molecular weight excluding hydrogens is 412 g/mol. The molecule has 172 valence electrons. The van der Waals surface area contributed by atoms with Gasteiger partial charge in [-0.1, -0.05) is 18.2 Å². The Bertz CT molecular complexity index is 885. The lowest BCUT2D eigenvalue weighted by Gasteiger charge is -2.32. The molecule has 0 aliphatic carbocycles. The number of hydrogen-bond donors (Lipinski definition) is 1. The molecule has 2 aromatic carbocycles. The minimum absolute atomic E-state index is 0.0197. The number of rotatable bonds is 9. The first kappa shape index (κ1) is 23.2. The number of carbonyl (C=O) groups is 2. The number of benzene rings is 2. The topological polar surface area (TPSA) is 86.3 Å². The van der Waals surface area contributed by atoms with Crippen molar-refractivity contribution in [2.75, 3.05) is 47.6 Å². The lowest BCUT2D eigenvalue weighted by Crippen LogP contribution is -2.43. The maximum absolute atomic E-state index is 12.7. The molecule has 0 unspecified atom stereocenters. The highest BCUT2D eigenvalue weighted by atomic mass is 16.5. The van der Waals surface area contributed by atoms with Gasteiger partial charge in [-0.3, -0.25) is 9.59 Å². The predicted molar refractivity (Wildman–Crippen MR) is 120 cm³/mol. The molecule has 0 spiro atoms. The van der Waals surface area contributed by atoms with Gasteiger partial charge in [-0.2, -0.15) is 0 Å². The van der Waals surface area contributed by atoms with Crippen LogP contribution in [0.15, 0.2) is 42.5 Å². The van der Waals surface area contributed by atoms with E-state index in [2.05, 4.69) is 5.32 Å². The van der Waals surface area contributed by atoms with E-state index in [0.29, 0.717) is 54.1 Å². The largest absolute Gasteiger partial charge is 0.493 e. The SMILES string of the molecule is COc1cc(C(=O)NCC2CCN(C(=O)COc3ccccc3)CC2)cc(OC)c1OC. The first-order valence-corrected chi connectivity index (χ1v) is 10.6. The molecule has 3 rings (SSSR count). The lowest BCUT2D eigenvalue weighted by atomic mass is 9.96. The number of carbonyl (C=O) groups excluding carboxylic acids is 2. The molecule has 1 aliphatic rings. The van der Waals surface area contributed by atoms with E-state index < -0.39 is 0 Å². The summed E-state index contributed by atoms with van der Waals surface area (Å²) in [5, 5.41) is 2.98. The van der Waals surface area contributed by atoms with Crippen molar-refractivity contribution >= 4 is 11.8 Å². The van der Waals surface area contributed by atoms with Crippen molar-refractivity contribution in [1.82, 2.24) is 10.2 Å². The van der Waals surface area contributed by atoms with Crippen molar-refractivity contribution in [3.8, 4) is 23.0 Å². The molecule has 0 aromatic heterocycles. The number of amides is 2. The van der Waals surface area contributed by atoms with Crippen molar-refractivity contribution in [3.63, 3.8) is 0 Å². The Morgan fingerprint density at radius 1 is 0.969 bits per heavy atom. The Kier molecular flexibility index (Phi) is 8.19. The summed E-state index contributed by atoms with van der Waals surface area (Å²) in [5.41, 5.74) is 0.435. The number of piperidine rings is 1. The van der Waals surface area contributed by atoms with Crippen LogP contribution in [0.4, 0.5) is 0 Å². The van der Waals surface area contributed by atoms with Crippen molar-refractivity contribution in [2.45, 2.75) is 12.8 Å². The van der Waals surface area contributed by atoms with Gasteiger partial charge >= 0.3 is 0 Å². The first-order valence-electron chi connectivity index (χ1n) is 10.6. The zero-order valence-corrected chi connectivity index (χ0v) is 18.8. The Hall–Kier alpha value is -3.42. The summed E-state index contributed by atoms with van der Waals surface area (Å²) in [7, 11) is 4.54. The highest BCUT2D eigenvalue weighted by Crippen LogP contribution is 2.38. The van der Waals surface area contributed by atoms with Crippen LogP contribution >= 0.6 is 0 Å². The number of nitrogens with zero attached hydrogens (tertiary/aromatic N) is 1. The van der Waals surface area contributed by atoms with Crippen molar-refractivity contribution < 1.29 is 28.5 Å². The molecule has 32 heavy (non-hydrogen) atoms. The van der Waals surface area contributed by atoms with Crippen LogP contribution in [0.25, 0.3) is 0 Å². The van der Waals surface area contributed by atoms with E-state index >= 15 is 0 Å². The molecule has 2 aromatic rings. The lowest BCUT2D eigenvalue weighted by molar-refractivity contribution is -0.134. The molecule has 0 radical (unpaired) electrons. The molecule has 1 N–H and O–H groups in total. The Balaban J connectivity index is 1.46. The standard InChI is InChI=1S/C24H30N2O6/c1-29-20-13-18(14-21(30-2)23(20)31-3)24(28)25-15-17-9-11-26(12-10-17)22(27)16-32-19-7-5-4-6-8-19/h4-8,13-14,17H,9-12,15-16H2,1-3H3,(H,25,28). The average Bonchev–Trinajstić information content (AvgIpc) is 2.85. The second-order valence-corrected chi connectivity index (χ2v) is 7.55. The fourth-order valence-corrected chi connectivity index (χ4v) is 3.69. The molecule has 1 aliphatic heterocycles. The van der Waals surface area contributed by atoms with Gasteiger partial charge in [0.1, 0.15) is 5.75 Å². The van der Waals surface area contributed by atoms with E-state index in [4.69, 9.17) is 18.9 Å². The van der Waals surface area contributed by atoms with E-state index in [-0.39, 0.29) is 18.4 Å². The van der Waals surface area contributed by atoms with Crippen LogP contribution in [0.2, 0.25) is 0 Å². The van der Waals surface area contributed by atoms with E-state index in [0.717, 1.165) is 12.8 Å². The predicted octanol–water partition coefficient (Wildman–Crippen LogP) is 2.76. The molecule has 0 atom stereocenters. The van der Waals surface area contributed by atoms with Crippen molar-refractivity contribution in [3.05, 3.63) is 48.0 Å². The van der Waals surface area contributed by atoms with Gasteiger partial charge in [0.2, 0.25) is 5.75 Å². The van der Waals surface area contributed by atoms with Gasteiger partial charge in [-0.25, -0.2) is 0 Å². The average molecular weight is 443 g/mol. The molecule has 8 nitrogen and oxygen atoms in total. The third-order valence-corrected chi connectivity index (χ3v) is 5.55. The number of methoxy groups -OCH3 is 3. The van der Waals surface area contributed by atoms with Crippen molar-refractivity contribution in [1.29, 1.82) is 0 Å². The van der Waals surface area contributed by atoms with Crippen LogP contribution < -0.4 is 24.3 Å². The highest BCUT2D eigenvalue weighted by Gasteiger charge is 2.24. The molecule has 1 heterocycles. The molecule has 2 amide bonds. The van der Waals surface area contributed by atoms with Crippen molar-refractivity contribution in [2.24, 2.45) is 5.92 Å². The number of para-hydroxylation sites is 1. The molecular formula is C24H30N2O6. The summed E-state index contributed by atoms with van der Waals surface area (Å²) >= 11 is 0. The summed E-state index contributed by atoms with van der Waals surface area (Å²) < 4.78 is 21.5. The van der Waals surface area contributed by atoms with E-state index in [1.807, 2.05) is 35.2 Å². The quantitative estimate of drug-likeness (QED) is 0.643. The van der Waals surface area contributed by atoms with E-state index in [9.17, 15) is 9.59 Å². The maximum atomic E-state index is 12.7. The highest BCUT2D eigenvalue weighted by molar-refractivity contribution is 5.95. The van der Waals surface area contributed by atoms with Gasteiger partial charge in [0.25, 0.3) is 11.8 Å². The van der Waals surface area contributed by atoms with Gasteiger partial charge in [0.15, 0.2) is 18.1 Å². The van der Waals surface area contributed by atoms with Crippen LogP contribution in [0.1, 0.15) is 23.2 Å². The van der Waals surface area contributed by atoms with E-state index in [1.165, 1.54) is 21.3 Å². The number of ether oxygens (including phenoxy) is 4. The number of nitrogens with one attached hydrogen (secondary N) is 1. The summed E-state index contributed by atoms with van der Waals surface area (Å²) in [6, 6.07) is 12.6. The molecule has 8 heteroatoms. The van der Waals surface area contributed by atoms with E-state index in [1.54, 1.807) is 12.1 Å². The smallest absolute Gasteiger partial charge is 0.260 e. The Morgan fingerprint density at radius 3 is 2.16 bits per heavy atom. The van der Waals surface area contributed by atoms with Crippen LogP contribution in [-0.2, 0) is 4.79 Å². The van der Waals surface area contributed by atoms with Crippen LogP contribution in [0.5, 0.6) is 23.0 Å². The van der Waals surface area contributed by atoms with Gasteiger partial charge in [0.05, 0.1) is 21.3 Å². The fourth-order valence-electron chi connectivity index (χ4n) is 3.69. The van der Waals surface area contributed by atoms with Gasteiger partial charge in [-0.15, -0.1) is 0 Å². The molecule has 1 fully saturated rings. The van der Waals surface area contributed by atoms with Gasteiger partial charge in [-0.05, 0) is 43.0 Å². The summed E-state index contributed by atoms with van der Waals surface area (Å²) in [5.74, 6) is 2.07. The zero-order valence-electron chi connectivity index (χ0n) is 18.8. The van der Waals surface area contributed by atoms with Crippen LogP contribution in [0.3, 0.4) is 0 Å².